The number of nitriles is 1. The van der Waals surface area contributed by atoms with Crippen molar-refractivity contribution in [2.45, 2.75) is 25.1 Å². The lowest BCUT2D eigenvalue weighted by molar-refractivity contribution is -0.138. The smallest absolute Gasteiger partial charge is 0.354 e. The highest BCUT2D eigenvalue weighted by molar-refractivity contribution is 6.00. The van der Waals surface area contributed by atoms with E-state index in [9.17, 15) is 22.4 Å². The first-order valence-electron chi connectivity index (χ1n) is 12.3. The highest BCUT2D eigenvalue weighted by Crippen LogP contribution is 2.35. The molecule has 39 heavy (non-hydrogen) atoms. The maximum Gasteiger partial charge on any atom is 0.417 e. The average Bonchev–Trinajstić information content (AvgIpc) is 2.95. The van der Waals surface area contributed by atoms with Crippen molar-refractivity contribution in [3.8, 4) is 17.3 Å². The van der Waals surface area contributed by atoms with Crippen LogP contribution in [0.5, 0.6) is 0 Å². The van der Waals surface area contributed by atoms with Gasteiger partial charge in [-0.1, -0.05) is 36.4 Å². The van der Waals surface area contributed by atoms with Crippen LogP contribution in [0.4, 0.5) is 23.4 Å². The van der Waals surface area contributed by atoms with Crippen molar-refractivity contribution in [2.24, 2.45) is 0 Å². The van der Waals surface area contributed by atoms with Gasteiger partial charge in [-0.2, -0.15) is 18.4 Å². The highest BCUT2D eigenvalue weighted by Gasteiger charge is 2.37. The number of alkyl halides is 3. The molecule has 1 fully saturated rings. The van der Waals surface area contributed by atoms with E-state index in [1.807, 2.05) is 36.4 Å². The van der Waals surface area contributed by atoms with Gasteiger partial charge in [0.1, 0.15) is 11.5 Å². The van der Waals surface area contributed by atoms with Crippen LogP contribution < -0.4 is 4.90 Å². The first kappa shape index (κ1) is 26.1. The summed E-state index contributed by atoms with van der Waals surface area (Å²) in [6.45, 7) is 1.04. The Morgan fingerprint density at radius 1 is 1.00 bits per heavy atom. The van der Waals surface area contributed by atoms with Gasteiger partial charge in [0.05, 0.1) is 22.8 Å². The van der Waals surface area contributed by atoms with E-state index in [4.69, 9.17) is 5.26 Å². The van der Waals surface area contributed by atoms with Crippen molar-refractivity contribution in [2.75, 3.05) is 25.0 Å². The quantitative estimate of drug-likeness (QED) is 0.298. The fourth-order valence-electron chi connectivity index (χ4n) is 5.00. The molecule has 5 rings (SSSR count). The molecular formula is C29H23F4N5O. The fourth-order valence-corrected chi connectivity index (χ4v) is 5.00. The standard InChI is InChI=1S/C29H23F4N5O/c1-37(28(39)24-11-10-20(30)16-25(24)29(31,32)33)21-12-14-38(15-13-21)27-23-5-3-2-4-22(23)26(35-36-27)19-8-6-18(17-34)7-9-19/h2-11,16,21H,12-15H2,1H3. The Morgan fingerprint density at radius 3 is 2.31 bits per heavy atom. The zero-order valence-electron chi connectivity index (χ0n) is 20.9. The molecule has 0 atom stereocenters. The van der Waals surface area contributed by atoms with E-state index in [0.717, 1.165) is 28.5 Å². The number of piperidine rings is 1. The second kappa shape index (κ2) is 10.3. The van der Waals surface area contributed by atoms with Gasteiger partial charge in [0.2, 0.25) is 0 Å². The minimum absolute atomic E-state index is 0.294. The normalized spacial score (nSPS) is 14.3. The Kier molecular flexibility index (Phi) is 6.91. The molecule has 1 amide bonds. The van der Waals surface area contributed by atoms with Crippen LogP contribution in [-0.2, 0) is 6.18 Å². The molecule has 0 bridgehead atoms. The third-order valence-electron chi connectivity index (χ3n) is 7.10. The molecule has 1 aromatic heterocycles. The number of hydrogen-bond acceptors (Lipinski definition) is 5. The summed E-state index contributed by atoms with van der Waals surface area (Å²) < 4.78 is 53.9. The van der Waals surface area contributed by atoms with E-state index in [-0.39, 0.29) is 6.04 Å². The van der Waals surface area contributed by atoms with Crippen LogP contribution in [0.1, 0.15) is 34.3 Å². The molecule has 1 saturated heterocycles. The fraction of sp³-hybridized carbons (Fsp3) is 0.241. The van der Waals surface area contributed by atoms with Crippen LogP contribution in [0, 0.1) is 17.1 Å². The zero-order chi connectivity index (χ0) is 27.7. The van der Waals surface area contributed by atoms with Crippen LogP contribution in [0.15, 0.2) is 66.7 Å². The Morgan fingerprint density at radius 2 is 1.67 bits per heavy atom. The van der Waals surface area contributed by atoms with Gasteiger partial charge in [-0.15, -0.1) is 10.2 Å². The molecule has 3 aromatic carbocycles. The molecule has 0 spiro atoms. The summed E-state index contributed by atoms with van der Waals surface area (Å²) in [4.78, 5) is 16.4. The number of carbonyl (C=O) groups excluding carboxylic acids is 1. The van der Waals surface area contributed by atoms with Gasteiger partial charge in [-0.3, -0.25) is 4.79 Å². The first-order chi connectivity index (χ1) is 18.7. The van der Waals surface area contributed by atoms with Crippen molar-refractivity contribution < 1.29 is 22.4 Å². The maximum absolute atomic E-state index is 13.5. The Bertz CT molecular complexity index is 1570. The summed E-state index contributed by atoms with van der Waals surface area (Å²) in [5.74, 6) is -1.15. The molecule has 6 nitrogen and oxygen atoms in total. The predicted octanol–water partition coefficient (Wildman–Crippen LogP) is 6.07. The maximum atomic E-state index is 13.5. The van der Waals surface area contributed by atoms with Gasteiger partial charge in [0.15, 0.2) is 5.82 Å². The van der Waals surface area contributed by atoms with Crippen LogP contribution in [-0.4, -0.2) is 47.2 Å². The Hall–Kier alpha value is -4.52. The minimum Gasteiger partial charge on any atom is -0.354 e. The molecule has 1 aliphatic rings. The highest BCUT2D eigenvalue weighted by atomic mass is 19.4. The van der Waals surface area contributed by atoms with Crippen molar-refractivity contribution in [1.29, 1.82) is 5.26 Å². The SMILES string of the molecule is CN(C(=O)c1ccc(F)cc1C(F)(F)F)C1CCN(c2nnc(-c3ccc(C#N)cc3)c3ccccc23)CC1. The average molecular weight is 534 g/mol. The van der Waals surface area contributed by atoms with E-state index in [0.29, 0.717) is 49.1 Å². The molecule has 0 radical (unpaired) electrons. The number of halogens is 4. The second-order valence-electron chi connectivity index (χ2n) is 9.43. The molecule has 198 valence electrons. The summed E-state index contributed by atoms with van der Waals surface area (Å²) in [6.07, 6.45) is -3.82. The third-order valence-corrected chi connectivity index (χ3v) is 7.10. The monoisotopic (exact) mass is 533 g/mol. The molecule has 10 heteroatoms. The molecule has 1 aliphatic heterocycles. The number of amides is 1. The number of hydrogen-bond donors (Lipinski definition) is 0. The van der Waals surface area contributed by atoms with E-state index in [1.165, 1.54) is 11.9 Å². The topological polar surface area (TPSA) is 73.1 Å². The number of nitrogens with zero attached hydrogens (tertiary/aromatic N) is 5. The molecule has 2 heterocycles. The molecule has 0 saturated carbocycles. The minimum atomic E-state index is -4.85. The van der Waals surface area contributed by atoms with Crippen molar-refractivity contribution in [1.82, 2.24) is 15.1 Å². The Balaban J connectivity index is 1.35. The van der Waals surface area contributed by atoms with Crippen molar-refractivity contribution in [3.05, 3.63) is 89.2 Å². The third kappa shape index (κ3) is 5.12. The van der Waals surface area contributed by atoms with Gasteiger partial charge in [-0.25, -0.2) is 4.39 Å². The number of fused-ring (bicyclic) bond motifs is 1. The van der Waals surface area contributed by atoms with Gasteiger partial charge < -0.3 is 9.80 Å². The molecule has 0 N–H and O–H groups in total. The van der Waals surface area contributed by atoms with Gasteiger partial charge in [-0.05, 0) is 43.2 Å². The first-order valence-corrected chi connectivity index (χ1v) is 12.3. The van der Waals surface area contributed by atoms with Crippen LogP contribution in [0.3, 0.4) is 0 Å². The van der Waals surface area contributed by atoms with E-state index >= 15 is 0 Å². The van der Waals surface area contributed by atoms with E-state index in [1.54, 1.807) is 12.1 Å². The van der Waals surface area contributed by atoms with Crippen LogP contribution >= 0.6 is 0 Å². The second-order valence-corrected chi connectivity index (χ2v) is 9.43. The number of benzene rings is 3. The lowest BCUT2D eigenvalue weighted by Crippen LogP contribution is -2.46. The lowest BCUT2D eigenvalue weighted by Gasteiger charge is -2.37. The molecule has 0 unspecified atom stereocenters. The number of rotatable bonds is 4. The van der Waals surface area contributed by atoms with E-state index < -0.39 is 29.0 Å². The Labute approximate surface area is 222 Å². The van der Waals surface area contributed by atoms with Gasteiger partial charge in [0.25, 0.3) is 5.91 Å². The van der Waals surface area contributed by atoms with Gasteiger partial charge >= 0.3 is 6.18 Å². The van der Waals surface area contributed by atoms with Crippen LogP contribution in [0.25, 0.3) is 22.0 Å². The van der Waals surface area contributed by atoms with E-state index in [2.05, 4.69) is 21.2 Å². The summed E-state index contributed by atoms with van der Waals surface area (Å²) in [5, 5.41) is 19.9. The molecular weight excluding hydrogens is 510 g/mol. The van der Waals surface area contributed by atoms with Gasteiger partial charge in [0, 0.05) is 42.5 Å². The number of aromatic nitrogens is 2. The zero-order valence-corrected chi connectivity index (χ0v) is 20.9. The number of anilines is 1. The number of carbonyl (C=O) groups is 1. The largest absolute Gasteiger partial charge is 0.417 e. The molecule has 4 aromatic rings. The van der Waals surface area contributed by atoms with Crippen molar-refractivity contribution in [3.63, 3.8) is 0 Å². The summed E-state index contributed by atoms with van der Waals surface area (Å²) in [6, 6.07) is 18.8. The van der Waals surface area contributed by atoms with Crippen molar-refractivity contribution >= 4 is 22.5 Å². The van der Waals surface area contributed by atoms with Crippen LogP contribution in [0.2, 0.25) is 0 Å². The lowest BCUT2D eigenvalue weighted by atomic mass is 9.99. The molecule has 0 aliphatic carbocycles. The predicted molar refractivity (Wildman–Crippen MR) is 138 cm³/mol. The summed E-state index contributed by atoms with van der Waals surface area (Å²) in [5.41, 5.74) is 0.235. The summed E-state index contributed by atoms with van der Waals surface area (Å²) >= 11 is 0. The summed E-state index contributed by atoms with van der Waals surface area (Å²) in [7, 11) is 1.48.